The van der Waals surface area contributed by atoms with E-state index in [1.54, 1.807) is 7.11 Å². The van der Waals surface area contributed by atoms with Crippen LogP contribution in [0.1, 0.15) is 36.0 Å². The molecule has 1 amide bonds. The molecule has 142 valence electrons. The summed E-state index contributed by atoms with van der Waals surface area (Å²) in [7, 11) is 1.62. The van der Waals surface area contributed by atoms with E-state index in [-0.39, 0.29) is 11.8 Å². The molecule has 0 unspecified atom stereocenters. The van der Waals surface area contributed by atoms with Gasteiger partial charge in [0.05, 0.1) is 12.8 Å². The molecule has 0 saturated carbocycles. The maximum absolute atomic E-state index is 13.0. The highest BCUT2D eigenvalue weighted by Gasteiger charge is 2.29. The predicted octanol–water partition coefficient (Wildman–Crippen LogP) is 5.52. The fraction of sp³-hybridized carbons (Fsp3) is 0.208. The number of hydrogen-bond acceptors (Lipinski definition) is 3. The van der Waals surface area contributed by atoms with Crippen LogP contribution in [0.5, 0.6) is 17.2 Å². The van der Waals surface area contributed by atoms with E-state index >= 15 is 0 Å². The molecule has 0 saturated heterocycles. The Morgan fingerprint density at radius 3 is 2.21 bits per heavy atom. The van der Waals surface area contributed by atoms with Crippen molar-refractivity contribution in [2.24, 2.45) is 0 Å². The van der Waals surface area contributed by atoms with Gasteiger partial charge in [-0.2, -0.15) is 0 Å². The van der Waals surface area contributed by atoms with Crippen LogP contribution in [0.2, 0.25) is 0 Å². The normalized spacial score (nSPS) is 12.5. The van der Waals surface area contributed by atoms with Crippen LogP contribution in [0.4, 0.5) is 5.69 Å². The molecule has 0 atom stereocenters. The maximum atomic E-state index is 13.0. The number of amides is 1. The summed E-state index contributed by atoms with van der Waals surface area (Å²) in [5, 5.41) is 3.09. The quantitative estimate of drug-likeness (QED) is 0.640. The highest BCUT2D eigenvalue weighted by Crippen LogP contribution is 2.45. The van der Waals surface area contributed by atoms with Gasteiger partial charge in [-0.15, -0.1) is 0 Å². The lowest BCUT2D eigenvalue weighted by atomic mass is 9.85. The fourth-order valence-corrected chi connectivity index (χ4v) is 3.79. The second-order valence-electron chi connectivity index (χ2n) is 6.83. The zero-order valence-corrected chi connectivity index (χ0v) is 16.1. The second-order valence-corrected chi connectivity index (χ2v) is 6.83. The molecule has 1 aliphatic heterocycles. The van der Waals surface area contributed by atoms with Crippen LogP contribution in [0.25, 0.3) is 0 Å². The average molecular weight is 373 g/mol. The van der Waals surface area contributed by atoms with Gasteiger partial charge in [0.25, 0.3) is 0 Å². The van der Waals surface area contributed by atoms with Gasteiger partial charge in [-0.05, 0) is 30.2 Å². The van der Waals surface area contributed by atoms with Gasteiger partial charge in [0, 0.05) is 23.5 Å². The summed E-state index contributed by atoms with van der Waals surface area (Å²) in [6.07, 6.45) is 1.15. The number of carbonyl (C=O) groups is 1. The second kappa shape index (κ2) is 7.77. The van der Waals surface area contributed by atoms with Crippen molar-refractivity contribution in [2.75, 3.05) is 12.4 Å². The van der Waals surface area contributed by atoms with Crippen LogP contribution in [-0.4, -0.2) is 13.0 Å². The highest BCUT2D eigenvalue weighted by molar-refractivity contribution is 5.94. The number of fused-ring (bicyclic) bond motifs is 2. The zero-order valence-electron chi connectivity index (χ0n) is 16.1. The first-order valence-electron chi connectivity index (χ1n) is 9.52. The molecule has 0 bridgehead atoms. The minimum atomic E-state index is -0.0547. The van der Waals surface area contributed by atoms with E-state index in [9.17, 15) is 4.79 Å². The Bertz CT molecular complexity index is 944. The van der Waals surface area contributed by atoms with Gasteiger partial charge < -0.3 is 14.8 Å². The summed E-state index contributed by atoms with van der Waals surface area (Å²) >= 11 is 0. The number of methoxy groups -OCH3 is 1. The lowest BCUT2D eigenvalue weighted by molar-refractivity contribution is -0.116. The highest BCUT2D eigenvalue weighted by atomic mass is 16.5. The number of para-hydroxylation sites is 3. The Morgan fingerprint density at radius 1 is 0.964 bits per heavy atom. The number of anilines is 1. The number of aryl methyl sites for hydroxylation is 1. The van der Waals surface area contributed by atoms with Crippen LogP contribution in [0, 0.1) is 0 Å². The van der Waals surface area contributed by atoms with E-state index in [2.05, 4.69) is 12.2 Å². The average Bonchev–Trinajstić information content (AvgIpc) is 2.73. The van der Waals surface area contributed by atoms with Crippen LogP contribution >= 0.6 is 0 Å². The molecule has 1 aliphatic rings. The molecule has 28 heavy (non-hydrogen) atoms. The molecule has 0 fully saturated rings. The molecular formula is C24H23NO3. The molecule has 4 nitrogen and oxygen atoms in total. The SMILES string of the molecule is CCc1cccc(OC)c1NC(=O)CC1c2ccccc2Oc2ccccc21. The minimum Gasteiger partial charge on any atom is -0.495 e. The van der Waals surface area contributed by atoms with Crippen molar-refractivity contribution < 1.29 is 14.3 Å². The maximum Gasteiger partial charge on any atom is 0.225 e. The summed E-state index contributed by atoms with van der Waals surface area (Å²) in [5.41, 5.74) is 3.88. The first kappa shape index (κ1) is 18.1. The van der Waals surface area contributed by atoms with Crippen molar-refractivity contribution in [1.82, 2.24) is 0 Å². The Morgan fingerprint density at radius 2 is 1.61 bits per heavy atom. The Labute approximate surface area is 165 Å². The lowest BCUT2D eigenvalue weighted by Gasteiger charge is -2.28. The fourth-order valence-electron chi connectivity index (χ4n) is 3.79. The molecule has 1 heterocycles. The van der Waals surface area contributed by atoms with Crippen molar-refractivity contribution in [1.29, 1.82) is 0 Å². The van der Waals surface area contributed by atoms with Gasteiger partial charge in [-0.25, -0.2) is 0 Å². The minimum absolute atomic E-state index is 0.0456. The van der Waals surface area contributed by atoms with Gasteiger partial charge in [-0.3, -0.25) is 4.79 Å². The Balaban J connectivity index is 1.64. The standard InChI is InChI=1S/C24H23NO3/c1-3-16-9-8-14-22(27-2)24(16)25-23(26)15-19-17-10-4-6-12-20(17)28-21-13-7-5-11-18(19)21/h4-14,19H,3,15H2,1-2H3,(H,25,26). The molecule has 0 radical (unpaired) electrons. The molecule has 0 spiro atoms. The molecule has 1 N–H and O–H groups in total. The van der Waals surface area contributed by atoms with Crippen LogP contribution < -0.4 is 14.8 Å². The third-order valence-corrected chi connectivity index (χ3v) is 5.18. The molecule has 3 aromatic rings. The van der Waals surface area contributed by atoms with E-state index in [4.69, 9.17) is 9.47 Å². The number of ether oxygens (including phenoxy) is 2. The van der Waals surface area contributed by atoms with Crippen LogP contribution in [0.3, 0.4) is 0 Å². The molecule has 0 aliphatic carbocycles. The third-order valence-electron chi connectivity index (χ3n) is 5.18. The molecule has 0 aromatic heterocycles. The molecule has 4 heteroatoms. The van der Waals surface area contributed by atoms with E-state index < -0.39 is 0 Å². The number of nitrogens with one attached hydrogen (secondary N) is 1. The van der Waals surface area contributed by atoms with Crippen molar-refractivity contribution in [3.05, 3.63) is 83.4 Å². The molecule has 4 rings (SSSR count). The Kier molecular flexibility index (Phi) is 5.02. The van der Waals surface area contributed by atoms with E-state index in [1.807, 2.05) is 66.7 Å². The number of rotatable bonds is 5. The molecule has 3 aromatic carbocycles. The summed E-state index contributed by atoms with van der Waals surface area (Å²) < 4.78 is 11.5. The van der Waals surface area contributed by atoms with Gasteiger partial charge in [0.15, 0.2) is 0 Å². The topological polar surface area (TPSA) is 47.6 Å². The summed E-state index contributed by atoms with van der Waals surface area (Å²) in [4.78, 5) is 13.0. The van der Waals surface area contributed by atoms with Crippen molar-refractivity contribution in [3.63, 3.8) is 0 Å². The van der Waals surface area contributed by atoms with E-state index in [0.29, 0.717) is 12.2 Å². The first-order valence-corrected chi connectivity index (χ1v) is 9.52. The Hall–Kier alpha value is -3.27. The summed E-state index contributed by atoms with van der Waals surface area (Å²) in [5.74, 6) is 2.20. The van der Waals surface area contributed by atoms with E-state index in [1.165, 1.54) is 0 Å². The monoisotopic (exact) mass is 373 g/mol. The summed E-state index contributed by atoms with van der Waals surface area (Å²) in [6, 6.07) is 21.7. The van der Waals surface area contributed by atoms with E-state index in [0.717, 1.165) is 40.3 Å². The van der Waals surface area contributed by atoms with Crippen molar-refractivity contribution in [3.8, 4) is 17.2 Å². The number of benzene rings is 3. The largest absolute Gasteiger partial charge is 0.495 e. The van der Waals surface area contributed by atoms with Crippen molar-refractivity contribution in [2.45, 2.75) is 25.7 Å². The summed E-state index contributed by atoms with van der Waals surface area (Å²) in [6.45, 7) is 2.06. The third kappa shape index (κ3) is 3.33. The van der Waals surface area contributed by atoms with Gasteiger partial charge >= 0.3 is 0 Å². The predicted molar refractivity (Wildman–Crippen MR) is 110 cm³/mol. The molecular weight excluding hydrogens is 350 g/mol. The van der Waals surface area contributed by atoms with Gasteiger partial charge in [0.2, 0.25) is 5.91 Å². The smallest absolute Gasteiger partial charge is 0.225 e. The zero-order chi connectivity index (χ0) is 19.5. The number of carbonyl (C=O) groups excluding carboxylic acids is 1. The van der Waals surface area contributed by atoms with Crippen molar-refractivity contribution >= 4 is 11.6 Å². The van der Waals surface area contributed by atoms with Gasteiger partial charge in [0.1, 0.15) is 17.2 Å². The van der Waals surface area contributed by atoms with Crippen LogP contribution in [-0.2, 0) is 11.2 Å². The number of hydrogen-bond donors (Lipinski definition) is 1. The van der Waals surface area contributed by atoms with Gasteiger partial charge in [-0.1, -0.05) is 55.5 Å². The van der Waals surface area contributed by atoms with Crippen LogP contribution in [0.15, 0.2) is 66.7 Å². The first-order chi connectivity index (χ1) is 13.7. The lowest BCUT2D eigenvalue weighted by Crippen LogP contribution is -2.20.